The molecule has 0 aromatic heterocycles. The first-order valence-corrected chi connectivity index (χ1v) is 19.4. The smallest absolute Gasteiger partial charge is 0.264 e. The fourth-order valence-electron chi connectivity index (χ4n) is 7.45. The number of fused-ring (bicyclic) bond motifs is 3. The number of allylic oxidation sites excluding steroid dienone is 2. The number of hydrogen-bond donors (Lipinski definition) is 2. The van der Waals surface area contributed by atoms with E-state index in [4.69, 9.17) is 16.3 Å². The van der Waals surface area contributed by atoms with Crippen molar-refractivity contribution < 1.29 is 27.9 Å². The standard InChI is InChI=1S/C37H48ClN3O6S/c1-24-17-26(18-36(43)41-22-33(42)23-41)6-7-27-8-9-31(27)21-40-15-4-3-5-29-19-32(38)12-10-28(29)14-16-47-35-13-11-30(20-34(35)40)37(44)39-48(45,46)25(24)2/h6-7,10-13,19-20,24-27,31,33,42H,3-5,8-9,14-18,21-23H2,1-2H3,(H,39,44)/t24-,25+,26+,27+,31-/m0/s1. The number of nitrogens with zero attached hydrogens (tertiary/aromatic N) is 2. The van der Waals surface area contributed by atoms with Gasteiger partial charge in [-0.15, -0.1) is 0 Å². The zero-order chi connectivity index (χ0) is 34.0. The molecule has 4 aliphatic rings. The second-order valence-electron chi connectivity index (χ2n) is 14.3. The molecule has 5 atom stereocenters. The van der Waals surface area contributed by atoms with Gasteiger partial charge in [0.1, 0.15) is 5.75 Å². The quantitative estimate of drug-likeness (QED) is 0.405. The lowest BCUT2D eigenvalue weighted by Gasteiger charge is -2.40. The van der Waals surface area contributed by atoms with Gasteiger partial charge in [0.25, 0.3) is 5.91 Å². The molecule has 2 bridgehead atoms. The average Bonchev–Trinajstić information content (AvgIpc) is 3.01. The minimum absolute atomic E-state index is 0.0271. The zero-order valence-corrected chi connectivity index (χ0v) is 29.5. The van der Waals surface area contributed by atoms with Crippen molar-refractivity contribution >= 4 is 39.1 Å². The molecule has 6 rings (SSSR count). The summed E-state index contributed by atoms with van der Waals surface area (Å²) in [7, 11) is -4.02. The van der Waals surface area contributed by atoms with Crippen LogP contribution in [0.15, 0.2) is 48.6 Å². The van der Waals surface area contributed by atoms with Crippen molar-refractivity contribution in [2.24, 2.45) is 23.7 Å². The van der Waals surface area contributed by atoms with Crippen LogP contribution in [0.5, 0.6) is 5.75 Å². The number of β-amino-alcohol motifs (C(OH)–C–C–N with tert-alkyl or cyclic N) is 1. The molecule has 260 valence electrons. The van der Waals surface area contributed by atoms with Gasteiger partial charge in [0.15, 0.2) is 0 Å². The average molecular weight is 698 g/mol. The molecular formula is C37H48ClN3O6S. The van der Waals surface area contributed by atoms with E-state index in [1.54, 1.807) is 30.0 Å². The number of ether oxygens (including phenoxy) is 1. The Morgan fingerprint density at radius 1 is 1.02 bits per heavy atom. The highest BCUT2D eigenvalue weighted by molar-refractivity contribution is 7.90. The van der Waals surface area contributed by atoms with Crippen LogP contribution in [0.2, 0.25) is 5.02 Å². The predicted octanol–water partition coefficient (Wildman–Crippen LogP) is 5.38. The van der Waals surface area contributed by atoms with E-state index in [-0.39, 0.29) is 29.7 Å². The van der Waals surface area contributed by atoms with Crippen LogP contribution in [0.3, 0.4) is 0 Å². The number of benzene rings is 2. The molecule has 0 spiro atoms. The van der Waals surface area contributed by atoms with Crippen molar-refractivity contribution in [1.82, 2.24) is 9.62 Å². The van der Waals surface area contributed by atoms with E-state index in [2.05, 4.69) is 33.9 Å². The van der Waals surface area contributed by atoms with E-state index in [0.717, 1.165) is 62.3 Å². The molecule has 1 saturated heterocycles. The lowest BCUT2D eigenvalue weighted by molar-refractivity contribution is -0.142. The monoisotopic (exact) mass is 697 g/mol. The minimum atomic E-state index is -4.02. The summed E-state index contributed by atoms with van der Waals surface area (Å²) in [4.78, 5) is 30.6. The molecule has 1 aliphatic carbocycles. The van der Waals surface area contributed by atoms with Gasteiger partial charge in [0, 0.05) is 49.6 Å². The number of likely N-dealkylation sites (tertiary alicyclic amines) is 1. The summed E-state index contributed by atoms with van der Waals surface area (Å²) in [5.74, 6) is 0.250. The van der Waals surface area contributed by atoms with Crippen molar-refractivity contribution in [3.63, 3.8) is 0 Å². The molecule has 2 fully saturated rings. The number of aliphatic hydroxyl groups is 1. The molecule has 0 unspecified atom stereocenters. The second-order valence-corrected chi connectivity index (χ2v) is 16.8. The largest absolute Gasteiger partial charge is 0.491 e. The highest BCUT2D eigenvalue weighted by atomic mass is 35.5. The maximum Gasteiger partial charge on any atom is 0.264 e. The van der Waals surface area contributed by atoms with Gasteiger partial charge in [-0.05, 0) is 111 Å². The van der Waals surface area contributed by atoms with Crippen LogP contribution in [0.1, 0.15) is 73.9 Å². The molecule has 3 heterocycles. The number of nitrogens with one attached hydrogen (secondary N) is 1. The van der Waals surface area contributed by atoms with Gasteiger partial charge in [-0.1, -0.05) is 36.7 Å². The fraction of sp³-hybridized carbons (Fsp3) is 0.568. The van der Waals surface area contributed by atoms with Gasteiger partial charge in [0.2, 0.25) is 15.9 Å². The first kappa shape index (κ1) is 34.8. The Balaban J connectivity index is 1.31. The molecular weight excluding hydrogens is 650 g/mol. The van der Waals surface area contributed by atoms with Crippen LogP contribution in [-0.2, 0) is 27.7 Å². The van der Waals surface area contributed by atoms with Gasteiger partial charge >= 0.3 is 0 Å². The van der Waals surface area contributed by atoms with Gasteiger partial charge in [-0.25, -0.2) is 13.1 Å². The number of amides is 2. The molecule has 2 N–H and O–H groups in total. The van der Waals surface area contributed by atoms with Gasteiger partial charge in [-0.3, -0.25) is 9.59 Å². The van der Waals surface area contributed by atoms with Crippen LogP contribution in [0.4, 0.5) is 5.69 Å². The number of carbonyl (C=O) groups is 2. The molecule has 0 radical (unpaired) electrons. The molecule has 48 heavy (non-hydrogen) atoms. The summed E-state index contributed by atoms with van der Waals surface area (Å²) in [5, 5.41) is 9.60. The Bertz CT molecular complexity index is 1640. The van der Waals surface area contributed by atoms with Crippen LogP contribution in [0.25, 0.3) is 0 Å². The molecule has 11 heteroatoms. The number of aliphatic hydroxyl groups excluding tert-OH is 1. The molecule has 2 aromatic rings. The van der Waals surface area contributed by atoms with Crippen LogP contribution >= 0.6 is 11.6 Å². The lowest BCUT2D eigenvalue weighted by atomic mass is 9.72. The topological polar surface area (TPSA) is 116 Å². The number of sulfonamides is 1. The predicted molar refractivity (Wildman–Crippen MR) is 188 cm³/mol. The molecule has 9 nitrogen and oxygen atoms in total. The van der Waals surface area contributed by atoms with Crippen molar-refractivity contribution in [1.29, 1.82) is 0 Å². The molecule has 1 saturated carbocycles. The van der Waals surface area contributed by atoms with Crippen molar-refractivity contribution in [2.75, 3.05) is 37.7 Å². The third-order valence-electron chi connectivity index (χ3n) is 10.9. The second kappa shape index (κ2) is 14.8. The maximum absolute atomic E-state index is 13.5. The third-order valence-corrected chi connectivity index (χ3v) is 13.0. The van der Waals surface area contributed by atoms with E-state index in [1.807, 2.05) is 13.0 Å². The number of carbonyl (C=O) groups excluding carboxylic acids is 2. The Morgan fingerprint density at radius 2 is 1.83 bits per heavy atom. The van der Waals surface area contributed by atoms with Crippen molar-refractivity contribution in [3.8, 4) is 5.75 Å². The zero-order valence-electron chi connectivity index (χ0n) is 27.9. The van der Waals surface area contributed by atoms with E-state index in [1.165, 1.54) is 11.1 Å². The fourth-order valence-corrected chi connectivity index (χ4v) is 8.93. The number of rotatable bonds is 2. The van der Waals surface area contributed by atoms with Crippen LogP contribution < -0.4 is 14.4 Å². The Kier molecular flexibility index (Phi) is 10.7. The summed E-state index contributed by atoms with van der Waals surface area (Å²) in [6, 6.07) is 11.3. The first-order chi connectivity index (χ1) is 23.0. The highest BCUT2D eigenvalue weighted by Gasteiger charge is 2.35. The van der Waals surface area contributed by atoms with Gasteiger partial charge < -0.3 is 19.6 Å². The van der Waals surface area contributed by atoms with E-state index in [9.17, 15) is 23.1 Å². The van der Waals surface area contributed by atoms with Gasteiger partial charge in [-0.2, -0.15) is 0 Å². The SMILES string of the molecule is C[C@@H]1[C@@H](C)C[C@H](CC(=O)N2CC(O)C2)C=C[C@@H]2CC[C@H]2CN2CCCCc3cc(Cl)ccc3CCOc3ccc(cc32)C(=O)NS1(=O)=O. The minimum Gasteiger partial charge on any atom is -0.491 e. The summed E-state index contributed by atoms with van der Waals surface area (Å²) in [6.45, 7) is 6.17. The Morgan fingerprint density at radius 3 is 2.58 bits per heavy atom. The molecule has 3 aliphatic heterocycles. The number of halogens is 1. The van der Waals surface area contributed by atoms with E-state index < -0.39 is 27.3 Å². The Hall–Kier alpha value is -3.08. The molecule has 2 aromatic carbocycles. The van der Waals surface area contributed by atoms with Crippen LogP contribution in [-0.4, -0.2) is 74.4 Å². The highest BCUT2D eigenvalue weighted by Crippen LogP contribution is 2.40. The lowest BCUT2D eigenvalue weighted by Crippen LogP contribution is -2.53. The number of aryl methyl sites for hydroxylation is 1. The summed E-state index contributed by atoms with van der Waals surface area (Å²) in [5.41, 5.74) is 3.55. The van der Waals surface area contributed by atoms with Crippen LogP contribution in [0, 0.1) is 23.7 Å². The third kappa shape index (κ3) is 8.03. The normalized spacial score (nSPS) is 28.2. The van der Waals surface area contributed by atoms with Gasteiger partial charge in [0.05, 0.1) is 23.6 Å². The van der Waals surface area contributed by atoms with E-state index >= 15 is 0 Å². The van der Waals surface area contributed by atoms with Crippen molar-refractivity contribution in [3.05, 3.63) is 70.3 Å². The summed E-state index contributed by atoms with van der Waals surface area (Å²) >= 11 is 6.35. The first-order valence-electron chi connectivity index (χ1n) is 17.5. The van der Waals surface area contributed by atoms with E-state index in [0.29, 0.717) is 43.7 Å². The Labute approximate surface area is 289 Å². The maximum atomic E-state index is 13.5. The number of anilines is 1. The molecule has 2 amide bonds. The number of hydrogen-bond acceptors (Lipinski definition) is 7. The van der Waals surface area contributed by atoms with Crippen molar-refractivity contribution in [2.45, 2.75) is 76.6 Å². The summed E-state index contributed by atoms with van der Waals surface area (Å²) < 4.78 is 35.8. The summed E-state index contributed by atoms with van der Waals surface area (Å²) in [6.07, 6.45) is 10.3.